The fourth-order valence-corrected chi connectivity index (χ4v) is 1.51. The second-order valence-electron chi connectivity index (χ2n) is 2.37. The standard InChI is InChI=1S/C8H8BrNO2S/c1-12-6-3-4(9)2-5(7(6)11)8(10)13/h2-3,11H,1H3,(H2,10,13). The Hall–Kier alpha value is -0.810. The van der Waals surface area contributed by atoms with Gasteiger partial charge in [-0.1, -0.05) is 28.1 Å². The summed E-state index contributed by atoms with van der Waals surface area (Å²) >= 11 is 8.01. The molecule has 0 amide bonds. The molecule has 0 atom stereocenters. The molecule has 0 saturated heterocycles. The normalized spacial score (nSPS) is 9.69. The molecule has 0 spiro atoms. The van der Waals surface area contributed by atoms with Gasteiger partial charge in [0, 0.05) is 4.47 Å². The van der Waals surface area contributed by atoms with E-state index in [1.165, 1.54) is 7.11 Å². The van der Waals surface area contributed by atoms with Gasteiger partial charge in [-0.05, 0) is 12.1 Å². The van der Waals surface area contributed by atoms with E-state index in [1.807, 2.05) is 0 Å². The third-order valence-corrected chi connectivity index (χ3v) is 2.20. The van der Waals surface area contributed by atoms with E-state index in [0.29, 0.717) is 11.3 Å². The summed E-state index contributed by atoms with van der Waals surface area (Å²) in [6, 6.07) is 3.28. The van der Waals surface area contributed by atoms with Crippen molar-refractivity contribution >= 4 is 33.1 Å². The van der Waals surface area contributed by atoms with E-state index in [4.69, 9.17) is 22.7 Å². The van der Waals surface area contributed by atoms with Crippen molar-refractivity contribution in [3.8, 4) is 11.5 Å². The predicted octanol–water partition coefficient (Wildman–Crippen LogP) is 1.80. The van der Waals surface area contributed by atoms with Gasteiger partial charge >= 0.3 is 0 Å². The van der Waals surface area contributed by atoms with Gasteiger partial charge in [-0.2, -0.15) is 0 Å². The molecule has 1 aromatic rings. The quantitative estimate of drug-likeness (QED) is 0.798. The van der Waals surface area contributed by atoms with Crippen LogP contribution in [0.3, 0.4) is 0 Å². The minimum atomic E-state index is -0.0294. The summed E-state index contributed by atoms with van der Waals surface area (Å²) in [6.07, 6.45) is 0. The molecule has 0 aliphatic rings. The van der Waals surface area contributed by atoms with Crippen LogP contribution in [0.25, 0.3) is 0 Å². The highest BCUT2D eigenvalue weighted by Gasteiger charge is 2.11. The molecule has 0 aliphatic carbocycles. The van der Waals surface area contributed by atoms with Gasteiger partial charge in [0.25, 0.3) is 0 Å². The second-order valence-corrected chi connectivity index (χ2v) is 3.72. The molecule has 1 rings (SSSR count). The molecule has 0 heterocycles. The second kappa shape index (κ2) is 3.93. The van der Waals surface area contributed by atoms with Crippen LogP contribution in [0.4, 0.5) is 0 Å². The van der Waals surface area contributed by atoms with Crippen molar-refractivity contribution in [3.05, 3.63) is 22.2 Å². The van der Waals surface area contributed by atoms with Crippen molar-refractivity contribution in [1.82, 2.24) is 0 Å². The first kappa shape index (κ1) is 10.3. The Kier molecular flexibility index (Phi) is 3.11. The molecule has 0 bridgehead atoms. The van der Waals surface area contributed by atoms with Gasteiger partial charge in [-0.15, -0.1) is 0 Å². The molecule has 70 valence electrons. The first-order valence-electron chi connectivity index (χ1n) is 3.42. The van der Waals surface area contributed by atoms with Gasteiger partial charge < -0.3 is 15.6 Å². The largest absolute Gasteiger partial charge is 0.504 e. The van der Waals surface area contributed by atoms with E-state index >= 15 is 0 Å². The summed E-state index contributed by atoms with van der Waals surface area (Å²) in [5.41, 5.74) is 5.81. The number of hydrogen-bond donors (Lipinski definition) is 2. The molecule has 13 heavy (non-hydrogen) atoms. The van der Waals surface area contributed by atoms with E-state index in [2.05, 4.69) is 15.9 Å². The van der Waals surface area contributed by atoms with Gasteiger partial charge in [-0.3, -0.25) is 0 Å². The van der Waals surface area contributed by atoms with Crippen LogP contribution >= 0.6 is 28.1 Å². The predicted molar refractivity (Wildman–Crippen MR) is 58.2 cm³/mol. The average Bonchev–Trinajstić information content (AvgIpc) is 2.08. The van der Waals surface area contributed by atoms with Crippen LogP contribution in [0.5, 0.6) is 11.5 Å². The number of phenols is 1. The zero-order valence-corrected chi connectivity index (χ0v) is 9.28. The average molecular weight is 262 g/mol. The number of phenolic OH excluding ortho intramolecular Hbond substituents is 1. The van der Waals surface area contributed by atoms with Gasteiger partial charge in [0.15, 0.2) is 11.5 Å². The van der Waals surface area contributed by atoms with Crippen LogP contribution in [0.2, 0.25) is 0 Å². The summed E-state index contributed by atoms with van der Waals surface area (Å²) in [5.74, 6) is 0.315. The Labute approximate surface area is 89.6 Å². The van der Waals surface area contributed by atoms with Crippen molar-refractivity contribution < 1.29 is 9.84 Å². The summed E-state index contributed by atoms with van der Waals surface area (Å²) in [4.78, 5) is 0.136. The lowest BCUT2D eigenvalue weighted by molar-refractivity contribution is 0.373. The molecule has 0 radical (unpaired) electrons. The summed E-state index contributed by atoms with van der Waals surface area (Å²) in [6.45, 7) is 0. The molecule has 0 aliphatic heterocycles. The Morgan fingerprint density at radius 2 is 2.23 bits per heavy atom. The van der Waals surface area contributed by atoms with Gasteiger partial charge in [0.05, 0.1) is 12.7 Å². The van der Waals surface area contributed by atoms with Crippen molar-refractivity contribution in [2.75, 3.05) is 7.11 Å². The van der Waals surface area contributed by atoms with Crippen LogP contribution in [-0.2, 0) is 0 Å². The summed E-state index contributed by atoms with van der Waals surface area (Å²) < 4.78 is 5.68. The van der Waals surface area contributed by atoms with Crippen molar-refractivity contribution in [2.24, 2.45) is 5.73 Å². The van der Waals surface area contributed by atoms with E-state index in [1.54, 1.807) is 12.1 Å². The number of hydrogen-bond acceptors (Lipinski definition) is 3. The van der Waals surface area contributed by atoms with Gasteiger partial charge in [0.1, 0.15) is 4.99 Å². The summed E-state index contributed by atoms with van der Waals surface area (Å²) in [5, 5.41) is 9.57. The van der Waals surface area contributed by atoms with Crippen molar-refractivity contribution in [1.29, 1.82) is 0 Å². The fraction of sp³-hybridized carbons (Fsp3) is 0.125. The lowest BCUT2D eigenvalue weighted by Crippen LogP contribution is -2.09. The van der Waals surface area contributed by atoms with E-state index < -0.39 is 0 Å². The third-order valence-electron chi connectivity index (χ3n) is 1.53. The first-order chi connectivity index (χ1) is 6.06. The summed E-state index contributed by atoms with van der Waals surface area (Å²) in [7, 11) is 1.46. The van der Waals surface area contributed by atoms with Crippen LogP contribution in [0.1, 0.15) is 5.56 Å². The number of halogens is 1. The van der Waals surface area contributed by atoms with Crippen LogP contribution in [0, 0.1) is 0 Å². The molecule has 3 nitrogen and oxygen atoms in total. The molecule has 1 aromatic carbocycles. The minimum absolute atomic E-state index is 0.0294. The third kappa shape index (κ3) is 2.10. The maximum absolute atomic E-state index is 9.57. The molecule has 5 heteroatoms. The topological polar surface area (TPSA) is 55.5 Å². The lowest BCUT2D eigenvalue weighted by atomic mass is 10.2. The molecule has 3 N–H and O–H groups in total. The number of nitrogens with two attached hydrogens (primary N) is 1. The lowest BCUT2D eigenvalue weighted by Gasteiger charge is -2.08. The number of methoxy groups -OCH3 is 1. The van der Waals surface area contributed by atoms with Crippen LogP contribution in [0.15, 0.2) is 16.6 Å². The Morgan fingerprint density at radius 3 is 2.69 bits per heavy atom. The zero-order chi connectivity index (χ0) is 10.0. The smallest absolute Gasteiger partial charge is 0.168 e. The SMILES string of the molecule is COc1cc(Br)cc(C(N)=S)c1O. The number of ether oxygens (including phenoxy) is 1. The zero-order valence-electron chi connectivity index (χ0n) is 6.87. The number of rotatable bonds is 2. The van der Waals surface area contributed by atoms with Crippen molar-refractivity contribution in [2.45, 2.75) is 0 Å². The van der Waals surface area contributed by atoms with Crippen molar-refractivity contribution in [3.63, 3.8) is 0 Å². The van der Waals surface area contributed by atoms with Crippen LogP contribution < -0.4 is 10.5 Å². The fourth-order valence-electron chi connectivity index (χ4n) is 0.918. The highest BCUT2D eigenvalue weighted by Crippen LogP contribution is 2.33. The Bertz CT molecular complexity index is 354. The number of aromatic hydroxyl groups is 1. The molecule has 0 saturated carbocycles. The molecular weight excluding hydrogens is 254 g/mol. The van der Waals surface area contributed by atoms with E-state index in [9.17, 15) is 5.11 Å². The number of benzene rings is 1. The van der Waals surface area contributed by atoms with E-state index in [0.717, 1.165) is 4.47 Å². The highest BCUT2D eigenvalue weighted by molar-refractivity contribution is 9.10. The maximum atomic E-state index is 9.57. The molecule has 0 aromatic heterocycles. The Balaban J connectivity index is 3.35. The van der Waals surface area contributed by atoms with Gasteiger partial charge in [0.2, 0.25) is 0 Å². The highest BCUT2D eigenvalue weighted by atomic mass is 79.9. The molecular formula is C8H8BrNO2S. The minimum Gasteiger partial charge on any atom is -0.504 e. The maximum Gasteiger partial charge on any atom is 0.168 e. The van der Waals surface area contributed by atoms with Gasteiger partial charge in [-0.25, -0.2) is 0 Å². The Morgan fingerprint density at radius 1 is 1.62 bits per heavy atom. The molecule has 0 unspecified atom stereocenters. The number of thiocarbonyl (C=S) groups is 1. The monoisotopic (exact) mass is 261 g/mol. The first-order valence-corrected chi connectivity index (χ1v) is 4.62. The van der Waals surface area contributed by atoms with Crippen LogP contribution in [-0.4, -0.2) is 17.2 Å². The molecule has 0 fully saturated rings. The van der Waals surface area contributed by atoms with E-state index in [-0.39, 0.29) is 10.7 Å².